The van der Waals surface area contributed by atoms with Crippen LogP contribution in [0.15, 0.2) is 48.8 Å². The second kappa shape index (κ2) is 5.43. The number of hydrogen-bond donors (Lipinski definition) is 1. The van der Waals surface area contributed by atoms with Crippen molar-refractivity contribution in [3.8, 4) is 0 Å². The number of para-hydroxylation sites is 1. The highest BCUT2D eigenvalue weighted by Crippen LogP contribution is 2.25. The van der Waals surface area contributed by atoms with E-state index in [1.165, 1.54) is 0 Å². The van der Waals surface area contributed by atoms with Gasteiger partial charge < -0.3 is 10.2 Å². The predicted octanol–water partition coefficient (Wildman–Crippen LogP) is 2.11. The summed E-state index contributed by atoms with van der Waals surface area (Å²) in [5.74, 6) is 0.103. The van der Waals surface area contributed by atoms with E-state index in [-0.39, 0.29) is 11.9 Å². The molecule has 1 aliphatic rings. The molecule has 0 fully saturated rings. The summed E-state index contributed by atoms with van der Waals surface area (Å²) in [6.07, 6.45) is 3.51. The van der Waals surface area contributed by atoms with Crippen molar-refractivity contribution in [3.05, 3.63) is 59.9 Å². The lowest BCUT2D eigenvalue weighted by atomic mass is 10.1. The third-order valence-corrected chi connectivity index (χ3v) is 3.61. The molecule has 4 nitrogen and oxygen atoms in total. The number of nitrogens with one attached hydrogen (secondary N) is 1. The molecule has 0 saturated carbocycles. The number of carbonyl (C=O) groups is 1. The summed E-state index contributed by atoms with van der Waals surface area (Å²) in [5.41, 5.74) is 3.22. The van der Waals surface area contributed by atoms with Crippen molar-refractivity contribution in [2.75, 3.05) is 4.90 Å². The standard InChI is InChI=1S/C16H17N3O/c1-12-16(20)19(11-13-6-8-17-9-7-13)15-5-3-2-4-14(15)10-18-12/h2-9,12,18H,10-11H2,1H3. The van der Waals surface area contributed by atoms with E-state index in [1.807, 2.05) is 42.2 Å². The van der Waals surface area contributed by atoms with Gasteiger partial charge in [-0.2, -0.15) is 0 Å². The van der Waals surface area contributed by atoms with Gasteiger partial charge in [-0.1, -0.05) is 18.2 Å². The van der Waals surface area contributed by atoms with Gasteiger partial charge in [0, 0.05) is 24.6 Å². The van der Waals surface area contributed by atoms with Crippen molar-refractivity contribution in [1.82, 2.24) is 10.3 Å². The first-order chi connectivity index (χ1) is 9.75. The van der Waals surface area contributed by atoms with Gasteiger partial charge in [0.15, 0.2) is 0 Å². The minimum atomic E-state index is -0.177. The number of rotatable bonds is 2. The summed E-state index contributed by atoms with van der Waals surface area (Å²) in [6, 6.07) is 11.8. The Morgan fingerprint density at radius 3 is 2.80 bits per heavy atom. The van der Waals surface area contributed by atoms with Crippen molar-refractivity contribution < 1.29 is 4.79 Å². The zero-order valence-electron chi connectivity index (χ0n) is 11.4. The summed E-state index contributed by atoms with van der Waals surface area (Å²) >= 11 is 0. The molecule has 1 N–H and O–H groups in total. The molecule has 0 radical (unpaired) electrons. The molecule has 20 heavy (non-hydrogen) atoms. The van der Waals surface area contributed by atoms with Crippen molar-refractivity contribution in [2.24, 2.45) is 0 Å². The Morgan fingerprint density at radius 2 is 2.00 bits per heavy atom. The average Bonchev–Trinajstić information content (AvgIpc) is 2.61. The number of nitrogens with zero attached hydrogens (tertiary/aromatic N) is 2. The topological polar surface area (TPSA) is 45.2 Å². The van der Waals surface area contributed by atoms with Gasteiger partial charge in [-0.15, -0.1) is 0 Å². The lowest BCUT2D eigenvalue weighted by Gasteiger charge is -2.24. The van der Waals surface area contributed by atoms with E-state index in [9.17, 15) is 4.79 Å². The normalized spacial score (nSPS) is 18.6. The number of aromatic nitrogens is 1. The van der Waals surface area contributed by atoms with Crippen molar-refractivity contribution in [1.29, 1.82) is 0 Å². The molecule has 102 valence electrons. The number of benzene rings is 1. The Morgan fingerprint density at radius 1 is 1.25 bits per heavy atom. The Labute approximate surface area is 118 Å². The third-order valence-electron chi connectivity index (χ3n) is 3.61. The zero-order valence-corrected chi connectivity index (χ0v) is 11.4. The van der Waals surface area contributed by atoms with E-state index in [0.29, 0.717) is 6.54 Å². The van der Waals surface area contributed by atoms with Crippen molar-refractivity contribution in [3.63, 3.8) is 0 Å². The molecule has 1 amide bonds. The molecule has 1 atom stereocenters. The molecule has 0 saturated heterocycles. The Kier molecular flexibility index (Phi) is 3.48. The first-order valence-electron chi connectivity index (χ1n) is 6.77. The van der Waals surface area contributed by atoms with Crippen LogP contribution in [0, 0.1) is 0 Å². The largest absolute Gasteiger partial charge is 0.306 e. The molecule has 0 aliphatic carbocycles. The molecule has 1 aromatic heterocycles. The van der Waals surface area contributed by atoms with Crippen LogP contribution in [0.2, 0.25) is 0 Å². The van der Waals surface area contributed by atoms with Crippen molar-refractivity contribution >= 4 is 11.6 Å². The number of hydrogen-bond acceptors (Lipinski definition) is 3. The van der Waals surface area contributed by atoms with Crippen LogP contribution in [0.5, 0.6) is 0 Å². The maximum atomic E-state index is 12.6. The van der Waals surface area contributed by atoms with E-state index in [0.717, 1.165) is 23.4 Å². The van der Waals surface area contributed by atoms with Crippen LogP contribution in [0.3, 0.4) is 0 Å². The number of carbonyl (C=O) groups excluding carboxylic acids is 1. The minimum Gasteiger partial charge on any atom is -0.306 e. The third kappa shape index (κ3) is 2.42. The lowest BCUT2D eigenvalue weighted by Crippen LogP contribution is -2.42. The second-order valence-corrected chi connectivity index (χ2v) is 5.01. The van der Waals surface area contributed by atoms with Gasteiger partial charge in [0.25, 0.3) is 0 Å². The Hall–Kier alpha value is -2.20. The van der Waals surface area contributed by atoms with Crippen LogP contribution in [-0.4, -0.2) is 16.9 Å². The van der Waals surface area contributed by atoms with Gasteiger partial charge in [0.05, 0.1) is 12.6 Å². The van der Waals surface area contributed by atoms with Crippen LogP contribution in [0.25, 0.3) is 0 Å². The zero-order chi connectivity index (χ0) is 13.9. The van der Waals surface area contributed by atoms with Crippen LogP contribution < -0.4 is 10.2 Å². The molecule has 2 aromatic rings. The fourth-order valence-electron chi connectivity index (χ4n) is 2.46. The van der Waals surface area contributed by atoms with Crippen LogP contribution in [0.4, 0.5) is 5.69 Å². The number of pyridine rings is 1. The highest BCUT2D eigenvalue weighted by atomic mass is 16.2. The van der Waals surface area contributed by atoms with Crippen LogP contribution in [-0.2, 0) is 17.9 Å². The monoisotopic (exact) mass is 267 g/mol. The quantitative estimate of drug-likeness (QED) is 0.906. The maximum Gasteiger partial charge on any atom is 0.244 e. The summed E-state index contributed by atoms with van der Waals surface area (Å²) in [4.78, 5) is 18.4. The van der Waals surface area contributed by atoms with Crippen LogP contribution >= 0.6 is 0 Å². The fourth-order valence-corrected chi connectivity index (χ4v) is 2.46. The van der Waals surface area contributed by atoms with E-state index in [1.54, 1.807) is 12.4 Å². The number of anilines is 1. The second-order valence-electron chi connectivity index (χ2n) is 5.01. The van der Waals surface area contributed by atoms with E-state index in [2.05, 4.69) is 16.4 Å². The summed E-state index contributed by atoms with van der Waals surface area (Å²) in [7, 11) is 0. The highest BCUT2D eigenvalue weighted by Gasteiger charge is 2.26. The molecular formula is C16H17N3O. The molecule has 0 bridgehead atoms. The van der Waals surface area contributed by atoms with Crippen molar-refractivity contribution in [2.45, 2.75) is 26.1 Å². The van der Waals surface area contributed by atoms with Crippen LogP contribution in [0.1, 0.15) is 18.1 Å². The highest BCUT2D eigenvalue weighted by molar-refractivity contribution is 5.98. The smallest absolute Gasteiger partial charge is 0.244 e. The molecule has 0 spiro atoms. The summed E-state index contributed by atoms with van der Waals surface area (Å²) in [6.45, 7) is 3.20. The lowest BCUT2D eigenvalue weighted by molar-refractivity contribution is -0.120. The Bertz CT molecular complexity index is 612. The Balaban J connectivity index is 1.99. The maximum absolute atomic E-state index is 12.6. The SMILES string of the molecule is CC1NCc2ccccc2N(Cc2ccncc2)C1=O. The van der Waals surface area contributed by atoms with E-state index < -0.39 is 0 Å². The molecule has 1 aliphatic heterocycles. The molecule has 4 heteroatoms. The van der Waals surface area contributed by atoms with Gasteiger partial charge in [-0.25, -0.2) is 0 Å². The van der Waals surface area contributed by atoms with Gasteiger partial charge in [0.2, 0.25) is 5.91 Å². The van der Waals surface area contributed by atoms with Gasteiger partial charge >= 0.3 is 0 Å². The first-order valence-corrected chi connectivity index (χ1v) is 6.77. The van der Waals surface area contributed by atoms with Gasteiger partial charge in [-0.3, -0.25) is 9.78 Å². The predicted molar refractivity (Wildman–Crippen MR) is 78.2 cm³/mol. The van der Waals surface area contributed by atoms with E-state index >= 15 is 0 Å². The number of amides is 1. The number of fused-ring (bicyclic) bond motifs is 1. The molecule has 3 rings (SSSR count). The summed E-state index contributed by atoms with van der Waals surface area (Å²) < 4.78 is 0. The van der Waals surface area contributed by atoms with E-state index in [4.69, 9.17) is 0 Å². The average molecular weight is 267 g/mol. The summed E-state index contributed by atoms with van der Waals surface area (Å²) in [5, 5.41) is 3.26. The van der Waals surface area contributed by atoms with Gasteiger partial charge in [0.1, 0.15) is 0 Å². The molecule has 1 unspecified atom stereocenters. The minimum absolute atomic E-state index is 0.103. The van der Waals surface area contributed by atoms with Gasteiger partial charge in [-0.05, 0) is 36.2 Å². The molecule has 1 aromatic carbocycles. The first kappa shape index (κ1) is 12.8. The fraction of sp³-hybridized carbons (Fsp3) is 0.250. The molecule has 2 heterocycles. The molecular weight excluding hydrogens is 250 g/mol.